The summed E-state index contributed by atoms with van der Waals surface area (Å²) in [5.74, 6) is -0.950. The lowest BCUT2D eigenvalue weighted by Gasteiger charge is -2.36. The first-order valence-corrected chi connectivity index (χ1v) is 12.1. The fraction of sp³-hybridized carbons (Fsp3) is 0.286. The summed E-state index contributed by atoms with van der Waals surface area (Å²) < 4.78 is 24.6. The Bertz CT molecular complexity index is 1180. The minimum Gasteiger partial charge on any atom is -0.465 e. The van der Waals surface area contributed by atoms with Crippen LogP contribution >= 0.6 is 11.6 Å². The molecule has 0 N–H and O–H groups in total. The van der Waals surface area contributed by atoms with Gasteiger partial charge in [-0.3, -0.25) is 9.69 Å². The molecule has 3 aromatic rings. The molecule has 0 bridgehead atoms. The number of benzene rings is 3. The third-order valence-corrected chi connectivity index (χ3v) is 6.48. The molecule has 188 valence electrons. The fourth-order valence-electron chi connectivity index (χ4n) is 4.16. The zero-order valence-electron chi connectivity index (χ0n) is 20.0. The summed E-state index contributed by atoms with van der Waals surface area (Å²) in [5.41, 5.74) is 2.79. The van der Waals surface area contributed by atoms with E-state index in [1.807, 2.05) is 36.4 Å². The number of rotatable bonds is 8. The van der Waals surface area contributed by atoms with Crippen molar-refractivity contribution in [2.45, 2.75) is 12.7 Å². The number of carbonyl (C=O) groups excluding carboxylic acids is 2. The average Bonchev–Trinajstić information content (AvgIpc) is 2.91. The van der Waals surface area contributed by atoms with Crippen LogP contribution in [-0.4, -0.2) is 61.5 Å². The molecule has 1 atom stereocenters. The van der Waals surface area contributed by atoms with Gasteiger partial charge < -0.3 is 14.4 Å². The van der Waals surface area contributed by atoms with E-state index in [1.54, 1.807) is 29.2 Å². The van der Waals surface area contributed by atoms with E-state index >= 15 is 0 Å². The molecule has 6 nitrogen and oxygen atoms in total. The van der Waals surface area contributed by atoms with E-state index in [0.717, 1.165) is 11.1 Å². The van der Waals surface area contributed by atoms with Crippen molar-refractivity contribution in [3.05, 3.63) is 106 Å². The Morgan fingerprint density at radius 1 is 0.944 bits per heavy atom. The lowest BCUT2D eigenvalue weighted by molar-refractivity contribution is 0.00340. The van der Waals surface area contributed by atoms with Crippen molar-refractivity contribution in [1.82, 2.24) is 9.80 Å². The van der Waals surface area contributed by atoms with E-state index in [0.29, 0.717) is 55.5 Å². The van der Waals surface area contributed by atoms with Gasteiger partial charge in [-0.2, -0.15) is 0 Å². The Kier molecular flexibility index (Phi) is 8.70. The third kappa shape index (κ3) is 6.69. The van der Waals surface area contributed by atoms with Crippen LogP contribution in [0.3, 0.4) is 0 Å². The second-order valence-corrected chi connectivity index (χ2v) is 9.08. The van der Waals surface area contributed by atoms with Crippen LogP contribution in [0.2, 0.25) is 5.02 Å². The highest BCUT2D eigenvalue weighted by atomic mass is 35.5. The molecule has 1 saturated heterocycles. The van der Waals surface area contributed by atoms with Gasteiger partial charge in [0.15, 0.2) is 0 Å². The molecule has 1 aliphatic heterocycles. The zero-order chi connectivity index (χ0) is 25.5. The number of methoxy groups -OCH3 is 1. The van der Waals surface area contributed by atoms with Crippen molar-refractivity contribution in [3.8, 4) is 0 Å². The Morgan fingerprint density at radius 2 is 1.64 bits per heavy atom. The molecule has 0 spiro atoms. The van der Waals surface area contributed by atoms with Gasteiger partial charge >= 0.3 is 5.97 Å². The van der Waals surface area contributed by atoms with Crippen LogP contribution in [-0.2, 0) is 16.1 Å². The Labute approximate surface area is 215 Å². The molecule has 1 heterocycles. The number of esters is 1. The highest BCUT2D eigenvalue weighted by Gasteiger charge is 2.25. The number of hydrogen-bond acceptors (Lipinski definition) is 5. The van der Waals surface area contributed by atoms with Crippen molar-refractivity contribution >= 4 is 23.5 Å². The average molecular weight is 511 g/mol. The van der Waals surface area contributed by atoms with Crippen molar-refractivity contribution in [2.24, 2.45) is 0 Å². The lowest BCUT2D eigenvalue weighted by Crippen LogP contribution is -2.49. The second-order valence-electron chi connectivity index (χ2n) is 8.64. The number of carbonyl (C=O) groups is 2. The van der Waals surface area contributed by atoms with Gasteiger partial charge in [0.05, 0.1) is 25.4 Å². The van der Waals surface area contributed by atoms with Gasteiger partial charge in [-0.25, -0.2) is 9.18 Å². The van der Waals surface area contributed by atoms with Gasteiger partial charge in [-0.05, 0) is 53.6 Å². The molecule has 1 fully saturated rings. The molecule has 36 heavy (non-hydrogen) atoms. The van der Waals surface area contributed by atoms with Gasteiger partial charge in [0.25, 0.3) is 5.91 Å². The van der Waals surface area contributed by atoms with Gasteiger partial charge in [0.1, 0.15) is 5.82 Å². The van der Waals surface area contributed by atoms with Gasteiger partial charge in [0.2, 0.25) is 0 Å². The normalized spacial score (nSPS) is 14.9. The maximum Gasteiger partial charge on any atom is 0.337 e. The minimum atomic E-state index is -0.414. The van der Waals surface area contributed by atoms with Crippen LogP contribution in [0, 0.1) is 5.82 Å². The maximum atomic E-state index is 13.5. The minimum absolute atomic E-state index is 0.157. The first kappa shape index (κ1) is 25.8. The Morgan fingerprint density at radius 3 is 2.28 bits per heavy atom. The van der Waals surface area contributed by atoms with Crippen LogP contribution in [0.1, 0.15) is 37.9 Å². The molecule has 0 aliphatic carbocycles. The third-order valence-electron chi connectivity index (χ3n) is 6.22. The number of halogens is 2. The number of piperazine rings is 1. The highest BCUT2D eigenvalue weighted by Crippen LogP contribution is 2.24. The monoisotopic (exact) mass is 510 g/mol. The lowest BCUT2D eigenvalue weighted by atomic mass is 10.1. The molecule has 8 heteroatoms. The highest BCUT2D eigenvalue weighted by molar-refractivity contribution is 6.30. The Balaban J connectivity index is 1.38. The van der Waals surface area contributed by atoms with Crippen molar-refractivity contribution in [1.29, 1.82) is 0 Å². The predicted octanol–water partition coefficient (Wildman–Crippen LogP) is 4.98. The molecule has 3 aromatic carbocycles. The summed E-state index contributed by atoms with van der Waals surface area (Å²) in [7, 11) is 1.35. The van der Waals surface area contributed by atoms with Crippen LogP contribution in [0.4, 0.5) is 4.39 Å². The van der Waals surface area contributed by atoms with Crippen molar-refractivity contribution in [2.75, 3.05) is 39.8 Å². The molecule has 1 amide bonds. The van der Waals surface area contributed by atoms with Gasteiger partial charge in [0, 0.05) is 43.3 Å². The van der Waals surface area contributed by atoms with Crippen LogP contribution < -0.4 is 0 Å². The number of amides is 1. The first-order valence-electron chi connectivity index (χ1n) is 11.7. The largest absolute Gasteiger partial charge is 0.465 e. The SMILES string of the molecule is COC(=O)c1ccc(CO[C@H](CN2CCN(C(=O)c3cccc(F)c3)CC2)c2ccc(Cl)cc2)cc1. The van der Waals surface area contributed by atoms with Crippen molar-refractivity contribution < 1.29 is 23.5 Å². The number of hydrogen-bond donors (Lipinski definition) is 0. The topological polar surface area (TPSA) is 59.1 Å². The molecular weight excluding hydrogens is 483 g/mol. The van der Waals surface area contributed by atoms with Crippen LogP contribution in [0.5, 0.6) is 0 Å². The van der Waals surface area contributed by atoms with Crippen LogP contribution in [0.15, 0.2) is 72.8 Å². The molecular formula is C28H28ClFN2O4. The summed E-state index contributed by atoms with van der Waals surface area (Å²) in [6.07, 6.45) is -0.215. The number of nitrogens with zero attached hydrogens (tertiary/aromatic N) is 2. The molecule has 4 rings (SSSR count). The quantitative estimate of drug-likeness (QED) is 0.400. The summed E-state index contributed by atoms with van der Waals surface area (Å²) >= 11 is 6.09. The molecule has 0 saturated carbocycles. The fourth-order valence-corrected chi connectivity index (χ4v) is 4.28. The van der Waals surface area contributed by atoms with E-state index in [9.17, 15) is 14.0 Å². The van der Waals surface area contributed by atoms with E-state index in [1.165, 1.54) is 19.2 Å². The molecule has 0 unspecified atom stereocenters. The summed E-state index contributed by atoms with van der Waals surface area (Å²) in [5, 5.41) is 0.653. The van der Waals surface area contributed by atoms with E-state index < -0.39 is 5.82 Å². The van der Waals surface area contributed by atoms with Gasteiger partial charge in [-0.15, -0.1) is 0 Å². The molecule has 1 aliphatic rings. The Hall–Kier alpha value is -3.26. The van der Waals surface area contributed by atoms with E-state index in [2.05, 4.69) is 4.90 Å². The number of ether oxygens (including phenoxy) is 2. The summed E-state index contributed by atoms with van der Waals surface area (Å²) in [6, 6.07) is 20.5. The molecule has 0 radical (unpaired) electrons. The second kappa shape index (κ2) is 12.1. The molecule has 0 aromatic heterocycles. The maximum absolute atomic E-state index is 13.5. The standard InChI is InChI=1S/C28H28ClFN2O4/c1-35-28(34)22-7-5-20(6-8-22)19-36-26(21-9-11-24(29)12-10-21)18-31-13-15-32(16-14-31)27(33)23-3-2-4-25(30)17-23/h2-12,17,26H,13-16,18-19H2,1H3/t26-/m1/s1. The van der Waals surface area contributed by atoms with E-state index in [4.69, 9.17) is 21.1 Å². The zero-order valence-corrected chi connectivity index (χ0v) is 20.8. The smallest absolute Gasteiger partial charge is 0.337 e. The first-order chi connectivity index (χ1) is 17.4. The van der Waals surface area contributed by atoms with Crippen LogP contribution in [0.25, 0.3) is 0 Å². The van der Waals surface area contributed by atoms with Crippen molar-refractivity contribution in [3.63, 3.8) is 0 Å². The summed E-state index contributed by atoms with van der Waals surface area (Å²) in [4.78, 5) is 28.4. The van der Waals surface area contributed by atoms with E-state index in [-0.39, 0.29) is 18.0 Å². The predicted molar refractivity (Wildman–Crippen MR) is 136 cm³/mol. The summed E-state index contributed by atoms with van der Waals surface area (Å²) in [6.45, 7) is 3.48. The van der Waals surface area contributed by atoms with Gasteiger partial charge in [-0.1, -0.05) is 41.9 Å².